The van der Waals surface area contributed by atoms with Crippen molar-refractivity contribution < 1.29 is 23.9 Å². The fourth-order valence-electron chi connectivity index (χ4n) is 6.29. The van der Waals surface area contributed by atoms with Gasteiger partial charge in [0.05, 0.1) is 0 Å². The number of rotatable bonds is 38. The van der Waals surface area contributed by atoms with Crippen molar-refractivity contribution in [3.63, 3.8) is 0 Å². The molecule has 0 aromatic heterocycles. The van der Waals surface area contributed by atoms with Crippen LogP contribution in [0.2, 0.25) is 0 Å². The minimum Gasteiger partial charge on any atom is -0.461 e. The quantitative estimate of drug-likeness (QED) is 0.0519. The number of hydrogen-bond donors (Lipinski definition) is 1. The summed E-state index contributed by atoms with van der Waals surface area (Å²) in [4.78, 5) is 37.0. The van der Waals surface area contributed by atoms with Gasteiger partial charge in [-0.1, -0.05) is 207 Å². The van der Waals surface area contributed by atoms with Gasteiger partial charge in [-0.3, -0.25) is 14.4 Å². The third-order valence-corrected chi connectivity index (χ3v) is 9.56. The normalized spacial score (nSPS) is 11.8. The molecule has 0 aliphatic carbocycles. The van der Waals surface area contributed by atoms with E-state index in [1.54, 1.807) is 6.92 Å². The van der Waals surface area contributed by atoms with Crippen LogP contribution in [0.15, 0.2) is 0 Å². The molecule has 1 amide bonds. The van der Waals surface area contributed by atoms with Crippen molar-refractivity contribution in [3.8, 4) is 0 Å². The molecule has 0 spiro atoms. The molecule has 6 heteroatoms. The van der Waals surface area contributed by atoms with Gasteiger partial charge in [0.15, 0.2) is 0 Å². The summed E-state index contributed by atoms with van der Waals surface area (Å²) in [6.07, 6.45) is 39.4. The number of amides is 1. The zero-order valence-corrected chi connectivity index (χ0v) is 32.4. The first-order chi connectivity index (χ1) is 23.5. The molecule has 48 heavy (non-hydrogen) atoms. The minimum atomic E-state index is -1.08. The maximum atomic E-state index is 12.8. The van der Waals surface area contributed by atoms with Crippen molar-refractivity contribution in [1.82, 2.24) is 5.32 Å². The van der Waals surface area contributed by atoms with E-state index in [-0.39, 0.29) is 24.9 Å². The van der Waals surface area contributed by atoms with Gasteiger partial charge in [-0.2, -0.15) is 0 Å². The summed E-state index contributed by atoms with van der Waals surface area (Å²) in [5.41, 5.74) is 0. The molecule has 0 bridgehead atoms. The molecule has 0 aliphatic heterocycles. The maximum absolute atomic E-state index is 12.8. The number of ether oxygens (including phenoxy) is 2. The Balaban J connectivity index is 3.88. The Morgan fingerprint density at radius 2 is 0.771 bits per heavy atom. The molecule has 1 N–H and O–H groups in total. The number of carbonyl (C=O) groups is 3. The van der Waals surface area contributed by atoms with Crippen LogP contribution in [0.5, 0.6) is 0 Å². The summed E-state index contributed by atoms with van der Waals surface area (Å²) < 4.78 is 10.6. The Morgan fingerprint density at radius 3 is 1.12 bits per heavy atom. The van der Waals surface area contributed by atoms with E-state index in [0.717, 1.165) is 32.1 Å². The van der Waals surface area contributed by atoms with Crippen LogP contribution < -0.4 is 5.32 Å². The van der Waals surface area contributed by atoms with Crippen LogP contribution in [0.4, 0.5) is 0 Å². The second-order valence-electron chi connectivity index (χ2n) is 14.3. The lowest BCUT2D eigenvalue weighted by Gasteiger charge is -2.17. The van der Waals surface area contributed by atoms with Gasteiger partial charge in [0.1, 0.15) is 6.61 Å². The van der Waals surface area contributed by atoms with Crippen molar-refractivity contribution in [3.05, 3.63) is 0 Å². The highest BCUT2D eigenvalue weighted by Gasteiger charge is 2.24. The molecule has 0 aromatic rings. The third-order valence-electron chi connectivity index (χ3n) is 9.56. The predicted molar refractivity (Wildman–Crippen MR) is 203 cm³/mol. The van der Waals surface area contributed by atoms with Crippen LogP contribution in [0, 0.1) is 0 Å². The van der Waals surface area contributed by atoms with E-state index in [9.17, 15) is 14.4 Å². The van der Waals surface area contributed by atoms with Gasteiger partial charge in [-0.25, -0.2) is 0 Å². The van der Waals surface area contributed by atoms with E-state index in [2.05, 4.69) is 19.2 Å². The third kappa shape index (κ3) is 34.3. The van der Waals surface area contributed by atoms with Crippen LogP contribution >= 0.6 is 0 Å². The molecular weight excluding hydrogens is 598 g/mol. The van der Waals surface area contributed by atoms with Crippen molar-refractivity contribution >= 4 is 17.8 Å². The number of nitrogens with one attached hydrogen (secondary N) is 1. The molecule has 1 unspecified atom stereocenters. The van der Waals surface area contributed by atoms with Gasteiger partial charge in [0.2, 0.25) is 6.10 Å². The highest BCUT2D eigenvalue weighted by Crippen LogP contribution is 2.15. The number of unbranched alkanes of at least 4 members (excludes halogenated alkanes) is 29. The van der Waals surface area contributed by atoms with Crippen molar-refractivity contribution in [1.29, 1.82) is 0 Å². The van der Waals surface area contributed by atoms with E-state index in [0.29, 0.717) is 13.0 Å². The van der Waals surface area contributed by atoms with Crippen LogP contribution in [0.3, 0.4) is 0 Å². The summed E-state index contributed by atoms with van der Waals surface area (Å²) in [7, 11) is 0. The largest absolute Gasteiger partial charge is 0.461 e. The Labute approximate surface area is 298 Å². The zero-order chi connectivity index (χ0) is 35.2. The zero-order valence-electron chi connectivity index (χ0n) is 32.4. The summed E-state index contributed by atoms with van der Waals surface area (Å²) in [6, 6.07) is 0. The fourth-order valence-corrected chi connectivity index (χ4v) is 6.29. The Bertz CT molecular complexity index is 712. The molecule has 0 aliphatic rings. The van der Waals surface area contributed by atoms with E-state index in [1.807, 2.05) is 0 Å². The van der Waals surface area contributed by atoms with Crippen molar-refractivity contribution in [2.75, 3.05) is 13.2 Å². The summed E-state index contributed by atoms with van der Waals surface area (Å²) in [6.45, 7) is 6.58. The lowest BCUT2D eigenvalue weighted by molar-refractivity contribution is -0.164. The van der Waals surface area contributed by atoms with E-state index >= 15 is 0 Å². The Hall–Kier alpha value is -1.59. The average molecular weight is 680 g/mol. The van der Waals surface area contributed by atoms with E-state index < -0.39 is 12.1 Å². The molecular formula is C42H81NO5. The summed E-state index contributed by atoms with van der Waals surface area (Å²) in [5.74, 6) is -1.16. The first-order valence-corrected chi connectivity index (χ1v) is 21.2. The Kier molecular flexibility index (Phi) is 36.9. The average Bonchev–Trinajstić information content (AvgIpc) is 3.09. The standard InChI is InChI=1S/C42H81NO5/c1-4-7-9-11-13-15-17-19-21-23-25-27-29-31-33-35-37-43-42(46)39(38-47-40(44)6-3)48-41(45)36-34-32-30-28-26-24-22-20-18-16-14-12-10-8-5-2/h39H,4-38H2,1-3H3,(H,43,46). The molecule has 1 atom stereocenters. The predicted octanol–water partition coefficient (Wildman–Crippen LogP) is 12.5. The number of carbonyl (C=O) groups excluding carboxylic acids is 3. The first kappa shape index (κ1) is 46.4. The SMILES string of the molecule is CCCCCCCCCCCCCCCCCCNC(=O)C(COC(=O)CC)OC(=O)CCCCCCCCCCCCCCCCC. The Morgan fingerprint density at radius 1 is 0.438 bits per heavy atom. The molecule has 0 saturated carbocycles. The fraction of sp³-hybridized carbons (Fsp3) is 0.929. The van der Waals surface area contributed by atoms with Crippen LogP contribution in [-0.2, 0) is 23.9 Å². The molecule has 0 fully saturated rings. The lowest BCUT2D eigenvalue weighted by Crippen LogP contribution is -2.41. The van der Waals surface area contributed by atoms with Gasteiger partial charge < -0.3 is 14.8 Å². The van der Waals surface area contributed by atoms with Crippen LogP contribution in [0.1, 0.15) is 233 Å². The van der Waals surface area contributed by atoms with Gasteiger partial charge in [0.25, 0.3) is 5.91 Å². The van der Waals surface area contributed by atoms with E-state index in [4.69, 9.17) is 9.47 Å². The smallest absolute Gasteiger partial charge is 0.306 e. The highest BCUT2D eigenvalue weighted by molar-refractivity contribution is 5.84. The van der Waals surface area contributed by atoms with Crippen molar-refractivity contribution in [2.45, 2.75) is 239 Å². The molecule has 0 aromatic carbocycles. The maximum Gasteiger partial charge on any atom is 0.306 e. The number of hydrogen-bond acceptors (Lipinski definition) is 5. The van der Waals surface area contributed by atoms with Gasteiger partial charge in [-0.15, -0.1) is 0 Å². The second-order valence-corrected chi connectivity index (χ2v) is 14.3. The molecule has 284 valence electrons. The molecule has 6 nitrogen and oxygen atoms in total. The van der Waals surface area contributed by atoms with Gasteiger partial charge in [-0.05, 0) is 12.8 Å². The summed E-state index contributed by atoms with van der Waals surface area (Å²) in [5, 5.41) is 2.89. The van der Waals surface area contributed by atoms with Crippen LogP contribution in [-0.4, -0.2) is 37.1 Å². The molecule has 0 saturated heterocycles. The molecule has 0 rings (SSSR count). The number of esters is 2. The lowest BCUT2D eigenvalue weighted by atomic mass is 10.0. The minimum absolute atomic E-state index is 0.220. The second kappa shape index (κ2) is 38.2. The molecule has 0 heterocycles. The topological polar surface area (TPSA) is 81.7 Å². The van der Waals surface area contributed by atoms with Crippen molar-refractivity contribution in [2.24, 2.45) is 0 Å². The molecule has 0 radical (unpaired) electrons. The van der Waals surface area contributed by atoms with E-state index in [1.165, 1.54) is 167 Å². The highest BCUT2D eigenvalue weighted by atomic mass is 16.6. The van der Waals surface area contributed by atoms with Crippen LogP contribution in [0.25, 0.3) is 0 Å². The van der Waals surface area contributed by atoms with Gasteiger partial charge >= 0.3 is 11.9 Å². The summed E-state index contributed by atoms with van der Waals surface area (Å²) >= 11 is 0. The monoisotopic (exact) mass is 680 g/mol. The van der Waals surface area contributed by atoms with Gasteiger partial charge in [0, 0.05) is 19.4 Å². The first-order valence-electron chi connectivity index (χ1n) is 21.2.